The van der Waals surface area contributed by atoms with Crippen molar-refractivity contribution in [3.63, 3.8) is 0 Å². The Bertz CT molecular complexity index is 300. The lowest BCUT2D eigenvalue weighted by molar-refractivity contribution is -0.150. The molecule has 1 aliphatic heterocycles. The van der Waals surface area contributed by atoms with Gasteiger partial charge in [-0.15, -0.1) is 0 Å². The first-order valence-electron chi connectivity index (χ1n) is 7.06. The second-order valence-electron chi connectivity index (χ2n) is 6.39. The van der Waals surface area contributed by atoms with Crippen LogP contribution in [0.25, 0.3) is 0 Å². The molecule has 1 aliphatic carbocycles. The van der Waals surface area contributed by atoms with E-state index in [-0.39, 0.29) is 5.97 Å². The highest BCUT2D eigenvalue weighted by atomic mass is 16.5. The number of nitrogens with one attached hydrogen (secondary N) is 1. The van der Waals surface area contributed by atoms with Gasteiger partial charge in [-0.25, -0.2) is 0 Å². The number of hydrogen-bond donors (Lipinski definition) is 1. The molecule has 2 rings (SSSR count). The van der Waals surface area contributed by atoms with E-state index in [4.69, 9.17) is 4.74 Å². The molecule has 0 aromatic heterocycles. The maximum absolute atomic E-state index is 11.5. The van der Waals surface area contributed by atoms with Crippen molar-refractivity contribution in [3.05, 3.63) is 0 Å². The molecule has 0 aromatic rings. The molecule has 104 valence electrons. The molecule has 18 heavy (non-hydrogen) atoms. The van der Waals surface area contributed by atoms with E-state index in [1.165, 1.54) is 39.5 Å². The lowest BCUT2D eigenvalue weighted by Gasteiger charge is -2.23. The fraction of sp³-hybridized carbons (Fsp3) is 0.929. The standard InChI is InChI=1S/C14H26N2O2/c1-14(2,13(17)18-3)10-15-8-11-6-7-16(9-11)12-4-5-12/h11-12,15H,4-10H2,1-3H3. The van der Waals surface area contributed by atoms with E-state index < -0.39 is 5.41 Å². The van der Waals surface area contributed by atoms with Crippen molar-refractivity contribution in [2.24, 2.45) is 11.3 Å². The van der Waals surface area contributed by atoms with Crippen LogP contribution >= 0.6 is 0 Å². The predicted octanol–water partition coefficient (Wildman–Crippen LogP) is 1.26. The Morgan fingerprint density at radius 3 is 2.72 bits per heavy atom. The summed E-state index contributed by atoms with van der Waals surface area (Å²) in [6, 6.07) is 0.890. The van der Waals surface area contributed by atoms with Crippen LogP contribution in [0.3, 0.4) is 0 Å². The highest BCUT2D eigenvalue weighted by Gasteiger charge is 2.34. The molecule has 0 bridgehead atoms. The van der Waals surface area contributed by atoms with E-state index in [9.17, 15) is 4.79 Å². The van der Waals surface area contributed by atoms with E-state index >= 15 is 0 Å². The summed E-state index contributed by atoms with van der Waals surface area (Å²) in [7, 11) is 1.45. The van der Waals surface area contributed by atoms with Gasteiger partial charge in [0.15, 0.2) is 0 Å². The van der Waals surface area contributed by atoms with E-state index in [0.29, 0.717) is 6.54 Å². The summed E-state index contributed by atoms with van der Waals surface area (Å²) < 4.78 is 4.81. The van der Waals surface area contributed by atoms with Crippen molar-refractivity contribution < 1.29 is 9.53 Å². The third kappa shape index (κ3) is 3.45. The number of ether oxygens (including phenoxy) is 1. The molecular formula is C14H26N2O2. The van der Waals surface area contributed by atoms with Crippen LogP contribution in [0.5, 0.6) is 0 Å². The number of carbonyl (C=O) groups is 1. The highest BCUT2D eigenvalue weighted by Crippen LogP contribution is 2.31. The zero-order valence-electron chi connectivity index (χ0n) is 11.9. The van der Waals surface area contributed by atoms with Crippen molar-refractivity contribution in [1.82, 2.24) is 10.2 Å². The van der Waals surface area contributed by atoms with Crippen molar-refractivity contribution in [2.75, 3.05) is 33.3 Å². The molecule has 4 heteroatoms. The first kappa shape index (κ1) is 13.8. The van der Waals surface area contributed by atoms with Crippen LogP contribution in [-0.2, 0) is 9.53 Å². The number of esters is 1. The molecule has 0 radical (unpaired) electrons. The first-order chi connectivity index (χ1) is 8.53. The summed E-state index contributed by atoms with van der Waals surface area (Å²) in [6.45, 7) is 8.06. The first-order valence-corrected chi connectivity index (χ1v) is 7.06. The van der Waals surface area contributed by atoms with Gasteiger partial charge in [-0.2, -0.15) is 0 Å². The molecule has 0 amide bonds. The quantitative estimate of drug-likeness (QED) is 0.725. The largest absolute Gasteiger partial charge is 0.469 e. The van der Waals surface area contributed by atoms with Gasteiger partial charge in [-0.1, -0.05) is 0 Å². The highest BCUT2D eigenvalue weighted by molar-refractivity contribution is 5.76. The average molecular weight is 254 g/mol. The zero-order chi connectivity index (χ0) is 13.2. The van der Waals surface area contributed by atoms with Gasteiger partial charge in [0.05, 0.1) is 12.5 Å². The molecule has 1 heterocycles. The number of hydrogen-bond acceptors (Lipinski definition) is 4. The maximum atomic E-state index is 11.5. The molecule has 2 fully saturated rings. The van der Waals surface area contributed by atoms with Crippen LogP contribution < -0.4 is 5.32 Å². The summed E-state index contributed by atoms with van der Waals surface area (Å²) in [5.41, 5.74) is -0.427. The third-order valence-corrected chi connectivity index (χ3v) is 4.12. The topological polar surface area (TPSA) is 41.6 Å². The van der Waals surface area contributed by atoms with Gasteiger partial charge < -0.3 is 15.0 Å². The molecule has 4 nitrogen and oxygen atoms in total. The summed E-state index contributed by atoms with van der Waals surface area (Å²) in [4.78, 5) is 14.2. The minimum Gasteiger partial charge on any atom is -0.469 e. The van der Waals surface area contributed by atoms with Crippen LogP contribution in [0.15, 0.2) is 0 Å². The van der Waals surface area contributed by atoms with E-state index in [1.54, 1.807) is 0 Å². The summed E-state index contributed by atoms with van der Waals surface area (Å²) in [5, 5.41) is 3.44. The average Bonchev–Trinajstić information content (AvgIpc) is 3.09. The Morgan fingerprint density at radius 2 is 2.11 bits per heavy atom. The lowest BCUT2D eigenvalue weighted by Crippen LogP contribution is -2.39. The second kappa shape index (κ2) is 5.57. The van der Waals surface area contributed by atoms with Gasteiger partial charge in [0.1, 0.15) is 0 Å². The number of methoxy groups -OCH3 is 1. The van der Waals surface area contributed by atoms with Gasteiger partial charge in [0.2, 0.25) is 0 Å². The normalized spacial score (nSPS) is 25.4. The van der Waals surface area contributed by atoms with Gasteiger partial charge in [0.25, 0.3) is 0 Å². The van der Waals surface area contributed by atoms with E-state index in [2.05, 4.69) is 10.2 Å². The number of carbonyl (C=O) groups excluding carboxylic acids is 1. The molecule has 2 aliphatic rings. The third-order valence-electron chi connectivity index (χ3n) is 4.12. The van der Waals surface area contributed by atoms with Gasteiger partial charge in [-0.05, 0) is 52.1 Å². The minimum absolute atomic E-state index is 0.138. The van der Waals surface area contributed by atoms with E-state index in [1.807, 2.05) is 13.8 Å². The molecule has 1 saturated carbocycles. The fourth-order valence-corrected chi connectivity index (χ4v) is 2.74. The zero-order valence-corrected chi connectivity index (χ0v) is 11.9. The van der Waals surface area contributed by atoms with Crippen molar-refractivity contribution in [3.8, 4) is 0 Å². The van der Waals surface area contributed by atoms with Crippen LogP contribution in [0.2, 0.25) is 0 Å². The Labute approximate surface area is 110 Å². The molecule has 1 N–H and O–H groups in total. The van der Waals surface area contributed by atoms with Crippen LogP contribution in [0.4, 0.5) is 0 Å². The van der Waals surface area contributed by atoms with Gasteiger partial charge in [-0.3, -0.25) is 4.79 Å². The fourth-order valence-electron chi connectivity index (χ4n) is 2.74. The molecule has 1 atom stereocenters. The SMILES string of the molecule is COC(=O)C(C)(C)CNCC1CCN(C2CC2)C1. The molecular weight excluding hydrogens is 228 g/mol. The molecule has 0 spiro atoms. The van der Waals surface area contributed by atoms with Crippen molar-refractivity contribution in [2.45, 2.75) is 39.2 Å². The van der Waals surface area contributed by atoms with E-state index in [0.717, 1.165) is 18.5 Å². The van der Waals surface area contributed by atoms with Crippen LogP contribution in [0, 0.1) is 11.3 Å². The van der Waals surface area contributed by atoms with Crippen molar-refractivity contribution in [1.29, 1.82) is 0 Å². The smallest absolute Gasteiger partial charge is 0.312 e. The number of rotatable bonds is 6. The van der Waals surface area contributed by atoms with Crippen LogP contribution in [-0.4, -0.2) is 50.2 Å². The molecule has 1 unspecified atom stereocenters. The molecule has 0 aromatic carbocycles. The Hall–Kier alpha value is -0.610. The Morgan fingerprint density at radius 1 is 1.39 bits per heavy atom. The maximum Gasteiger partial charge on any atom is 0.312 e. The van der Waals surface area contributed by atoms with Crippen molar-refractivity contribution >= 4 is 5.97 Å². The Balaban J connectivity index is 1.65. The lowest BCUT2D eigenvalue weighted by atomic mass is 9.93. The van der Waals surface area contributed by atoms with Gasteiger partial charge in [0, 0.05) is 19.1 Å². The minimum atomic E-state index is -0.427. The summed E-state index contributed by atoms with van der Waals surface area (Å²) in [5.74, 6) is 0.611. The summed E-state index contributed by atoms with van der Waals surface area (Å²) >= 11 is 0. The second-order valence-corrected chi connectivity index (χ2v) is 6.39. The summed E-state index contributed by atoms with van der Waals surface area (Å²) in [6.07, 6.45) is 4.09. The predicted molar refractivity (Wildman–Crippen MR) is 71.4 cm³/mol. The monoisotopic (exact) mass is 254 g/mol. The number of likely N-dealkylation sites (tertiary alicyclic amines) is 1. The van der Waals surface area contributed by atoms with Crippen LogP contribution in [0.1, 0.15) is 33.1 Å². The molecule has 1 saturated heterocycles. The number of nitrogens with zero attached hydrogens (tertiary/aromatic N) is 1. The van der Waals surface area contributed by atoms with Gasteiger partial charge >= 0.3 is 5.97 Å². The Kier molecular flexibility index (Phi) is 4.28.